The molecule has 21 heavy (non-hydrogen) atoms. The molecule has 0 saturated heterocycles. The largest absolute Gasteiger partial charge is 0.296 e. The first-order chi connectivity index (χ1) is 10.1. The van der Waals surface area contributed by atoms with Gasteiger partial charge in [-0.25, -0.2) is 0 Å². The first-order valence-corrected chi connectivity index (χ1v) is 8.51. The summed E-state index contributed by atoms with van der Waals surface area (Å²) in [6.45, 7) is 1.85. The number of aromatic nitrogens is 2. The van der Waals surface area contributed by atoms with E-state index < -0.39 is 0 Å². The fourth-order valence-electron chi connectivity index (χ4n) is 1.74. The van der Waals surface area contributed by atoms with Crippen LogP contribution in [0.15, 0.2) is 40.9 Å². The van der Waals surface area contributed by atoms with Gasteiger partial charge in [0.15, 0.2) is 0 Å². The van der Waals surface area contributed by atoms with E-state index in [0.717, 1.165) is 19.9 Å². The van der Waals surface area contributed by atoms with Crippen LogP contribution >= 0.6 is 38.6 Å². The summed E-state index contributed by atoms with van der Waals surface area (Å²) in [4.78, 5) is 13.9. The van der Waals surface area contributed by atoms with E-state index in [1.807, 2.05) is 43.3 Å². The number of hydrogen-bond donors (Lipinski definition) is 1. The van der Waals surface area contributed by atoms with Gasteiger partial charge in [0.25, 0.3) is 5.91 Å². The number of carbonyl (C=O) groups excluding carboxylic acids is 1. The average molecular weight is 380 g/mol. The molecule has 1 aromatic carbocycles. The number of rotatable bonds is 3. The van der Waals surface area contributed by atoms with Crippen molar-refractivity contribution in [2.45, 2.75) is 6.92 Å². The van der Waals surface area contributed by atoms with Gasteiger partial charge in [0.2, 0.25) is 5.13 Å². The van der Waals surface area contributed by atoms with Crippen molar-refractivity contribution in [2.24, 2.45) is 0 Å². The van der Waals surface area contributed by atoms with Gasteiger partial charge in [-0.2, -0.15) is 0 Å². The SMILES string of the molecule is Cc1nnc(NC(=O)c2ccc(-c3ccc(Br)cc3)s2)s1. The highest BCUT2D eigenvalue weighted by Crippen LogP contribution is 2.29. The number of thiophene rings is 1. The van der Waals surface area contributed by atoms with Crippen molar-refractivity contribution in [3.63, 3.8) is 0 Å². The van der Waals surface area contributed by atoms with E-state index in [9.17, 15) is 4.79 Å². The molecule has 1 N–H and O–H groups in total. The minimum atomic E-state index is -0.153. The molecule has 2 heterocycles. The average Bonchev–Trinajstić information content (AvgIpc) is 3.09. The van der Waals surface area contributed by atoms with Crippen molar-refractivity contribution >= 4 is 49.6 Å². The number of nitrogens with one attached hydrogen (secondary N) is 1. The fourth-order valence-corrected chi connectivity index (χ4v) is 3.49. The zero-order valence-electron chi connectivity index (χ0n) is 11.0. The number of benzene rings is 1. The van der Waals surface area contributed by atoms with Crippen molar-refractivity contribution in [3.05, 3.63) is 50.8 Å². The van der Waals surface area contributed by atoms with E-state index in [4.69, 9.17) is 0 Å². The Morgan fingerprint density at radius 2 is 1.86 bits per heavy atom. The van der Waals surface area contributed by atoms with Gasteiger partial charge in [-0.1, -0.05) is 39.4 Å². The summed E-state index contributed by atoms with van der Waals surface area (Å²) >= 11 is 6.23. The second kappa shape index (κ2) is 6.05. The van der Waals surface area contributed by atoms with E-state index >= 15 is 0 Å². The van der Waals surface area contributed by atoms with Crippen LogP contribution in [0.1, 0.15) is 14.7 Å². The van der Waals surface area contributed by atoms with Crippen LogP contribution in [0.3, 0.4) is 0 Å². The Bertz CT molecular complexity index is 780. The Labute approximate surface area is 138 Å². The molecule has 2 aromatic heterocycles. The van der Waals surface area contributed by atoms with E-state index in [1.165, 1.54) is 22.7 Å². The van der Waals surface area contributed by atoms with Crippen molar-refractivity contribution in [1.82, 2.24) is 10.2 Å². The number of carbonyl (C=O) groups is 1. The third kappa shape index (κ3) is 3.37. The molecule has 0 atom stereocenters. The van der Waals surface area contributed by atoms with Gasteiger partial charge in [-0.15, -0.1) is 21.5 Å². The van der Waals surface area contributed by atoms with Crippen molar-refractivity contribution < 1.29 is 4.79 Å². The number of aryl methyl sites for hydroxylation is 1. The summed E-state index contributed by atoms with van der Waals surface area (Å²) in [5.41, 5.74) is 1.09. The molecule has 0 aliphatic heterocycles. The van der Waals surface area contributed by atoms with Crippen LogP contribution in [0, 0.1) is 6.92 Å². The van der Waals surface area contributed by atoms with Gasteiger partial charge in [0.1, 0.15) is 5.01 Å². The van der Waals surface area contributed by atoms with E-state index in [-0.39, 0.29) is 5.91 Å². The normalized spacial score (nSPS) is 10.6. The van der Waals surface area contributed by atoms with Gasteiger partial charge in [-0.05, 0) is 36.8 Å². The molecule has 0 aliphatic carbocycles. The Balaban J connectivity index is 1.78. The first-order valence-electron chi connectivity index (χ1n) is 6.09. The molecule has 0 fully saturated rings. The van der Waals surface area contributed by atoms with Crippen LogP contribution in [0.5, 0.6) is 0 Å². The second-order valence-corrected chi connectivity index (χ2v) is 7.43. The Kier molecular flexibility index (Phi) is 4.14. The topological polar surface area (TPSA) is 54.9 Å². The lowest BCUT2D eigenvalue weighted by Crippen LogP contribution is -2.09. The molecular formula is C14H10BrN3OS2. The summed E-state index contributed by atoms with van der Waals surface area (Å²) in [5.74, 6) is -0.153. The predicted molar refractivity (Wildman–Crippen MR) is 90.1 cm³/mol. The molecule has 3 rings (SSSR count). The minimum absolute atomic E-state index is 0.153. The number of halogens is 1. The van der Waals surface area contributed by atoms with Crippen molar-refractivity contribution in [1.29, 1.82) is 0 Å². The lowest BCUT2D eigenvalue weighted by atomic mass is 10.2. The minimum Gasteiger partial charge on any atom is -0.296 e. The van der Waals surface area contributed by atoms with Gasteiger partial charge in [0, 0.05) is 9.35 Å². The predicted octanol–water partition coefficient (Wildman–Crippen LogP) is 4.59. The third-order valence-electron chi connectivity index (χ3n) is 2.71. The molecule has 1 amide bonds. The van der Waals surface area contributed by atoms with E-state index in [0.29, 0.717) is 10.0 Å². The number of anilines is 1. The Morgan fingerprint density at radius 3 is 2.52 bits per heavy atom. The zero-order chi connectivity index (χ0) is 14.8. The second-order valence-electron chi connectivity index (χ2n) is 4.25. The summed E-state index contributed by atoms with van der Waals surface area (Å²) in [6.07, 6.45) is 0. The summed E-state index contributed by atoms with van der Waals surface area (Å²) in [5, 5.41) is 11.9. The van der Waals surface area contributed by atoms with Crippen LogP contribution in [-0.4, -0.2) is 16.1 Å². The number of nitrogens with zero attached hydrogens (tertiary/aromatic N) is 2. The molecule has 0 aliphatic rings. The quantitative estimate of drug-likeness (QED) is 0.723. The molecule has 0 radical (unpaired) electrons. The molecule has 0 unspecified atom stereocenters. The molecule has 4 nitrogen and oxygen atoms in total. The van der Waals surface area contributed by atoms with Gasteiger partial charge in [0.05, 0.1) is 4.88 Å². The molecular weight excluding hydrogens is 370 g/mol. The molecule has 0 spiro atoms. The fraction of sp³-hybridized carbons (Fsp3) is 0.0714. The number of hydrogen-bond acceptors (Lipinski definition) is 5. The maximum Gasteiger partial charge on any atom is 0.267 e. The molecule has 7 heteroatoms. The standard InChI is InChI=1S/C14H10BrN3OS2/c1-8-17-18-14(20-8)16-13(19)12-7-6-11(21-12)9-2-4-10(15)5-3-9/h2-7H,1H3,(H,16,18,19). The summed E-state index contributed by atoms with van der Waals surface area (Å²) in [6, 6.07) is 11.8. The third-order valence-corrected chi connectivity index (χ3v) is 5.12. The van der Waals surface area contributed by atoms with Crippen LogP contribution in [-0.2, 0) is 0 Å². The smallest absolute Gasteiger partial charge is 0.267 e. The molecule has 0 bridgehead atoms. The maximum atomic E-state index is 12.2. The molecule has 3 aromatic rings. The van der Waals surface area contributed by atoms with Crippen LogP contribution < -0.4 is 5.32 Å². The molecule has 0 saturated carbocycles. The maximum absolute atomic E-state index is 12.2. The monoisotopic (exact) mass is 379 g/mol. The lowest BCUT2D eigenvalue weighted by molar-refractivity contribution is 0.103. The Morgan fingerprint density at radius 1 is 1.10 bits per heavy atom. The lowest BCUT2D eigenvalue weighted by Gasteiger charge is -1.98. The van der Waals surface area contributed by atoms with Crippen LogP contribution in [0.4, 0.5) is 5.13 Å². The summed E-state index contributed by atoms with van der Waals surface area (Å²) < 4.78 is 1.03. The Hall–Kier alpha value is -1.57. The zero-order valence-corrected chi connectivity index (χ0v) is 14.2. The van der Waals surface area contributed by atoms with Gasteiger partial charge >= 0.3 is 0 Å². The van der Waals surface area contributed by atoms with Gasteiger partial charge < -0.3 is 0 Å². The van der Waals surface area contributed by atoms with Crippen LogP contribution in [0.25, 0.3) is 10.4 Å². The first kappa shape index (κ1) is 14.4. The van der Waals surface area contributed by atoms with Crippen LogP contribution in [0.2, 0.25) is 0 Å². The highest BCUT2D eigenvalue weighted by atomic mass is 79.9. The highest BCUT2D eigenvalue weighted by molar-refractivity contribution is 9.10. The van der Waals surface area contributed by atoms with Crippen molar-refractivity contribution in [2.75, 3.05) is 5.32 Å². The number of amides is 1. The highest BCUT2D eigenvalue weighted by Gasteiger charge is 2.12. The van der Waals surface area contributed by atoms with E-state index in [1.54, 1.807) is 0 Å². The molecule has 106 valence electrons. The van der Waals surface area contributed by atoms with E-state index in [2.05, 4.69) is 31.4 Å². The van der Waals surface area contributed by atoms with Gasteiger partial charge in [-0.3, -0.25) is 10.1 Å². The van der Waals surface area contributed by atoms with Crippen molar-refractivity contribution in [3.8, 4) is 10.4 Å². The summed E-state index contributed by atoms with van der Waals surface area (Å²) in [7, 11) is 0.